The molecule has 0 bridgehead atoms. The molecule has 2 aromatic heterocycles. The Morgan fingerprint density at radius 3 is 2.42 bits per heavy atom. The lowest BCUT2D eigenvalue weighted by Gasteiger charge is -2.16. The van der Waals surface area contributed by atoms with Crippen LogP contribution < -0.4 is 4.74 Å². The molecule has 5 aromatic rings. The summed E-state index contributed by atoms with van der Waals surface area (Å²) in [7, 11) is -1.25. The Labute approximate surface area is 235 Å². The van der Waals surface area contributed by atoms with Crippen molar-refractivity contribution in [1.82, 2.24) is 14.5 Å². The van der Waals surface area contributed by atoms with Gasteiger partial charge in [0.05, 0.1) is 5.56 Å². The number of imidazole rings is 1. The molecule has 0 saturated heterocycles. The molecule has 0 unspecified atom stereocenters. The van der Waals surface area contributed by atoms with Gasteiger partial charge in [0.25, 0.3) is 0 Å². The maximum absolute atomic E-state index is 11.4. The molecular weight excluding hydrogens is 518 g/mol. The average Bonchev–Trinajstić information content (AvgIpc) is 3.33. The highest BCUT2D eigenvalue weighted by Crippen LogP contribution is 2.33. The number of rotatable bonds is 11. The van der Waals surface area contributed by atoms with Crippen molar-refractivity contribution < 1.29 is 19.4 Å². The number of carbonyl (C=O) groups is 1. The molecule has 0 radical (unpaired) electrons. The van der Waals surface area contributed by atoms with Crippen molar-refractivity contribution in [2.24, 2.45) is 0 Å². The third kappa shape index (κ3) is 6.47. The summed E-state index contributed by atoms with van der Waals surface area (Å²) in [6, 6.07) is 27.8. The Kier molecular flexibility index (Phi) is 8.09. The van der Waals surface area contributed by atoms with E-state index in [0.717, 1.165) is 39.6 Å². The molecule has 0 aliphatic heterocycles. The summed E-state index contributed by atoms with van der Waals surface area (Å²) in [4.78, 5) is 21.1. The van der Waals surface area contributed by atoms with Crippen molar-refractivity contribution in [1.29, 1.82) is 0 Å². The van der Waals surface area contributed by atoms with Crippen molar-refractivity contribution in [3.8, 4) is 28.3 Å². The van der Waals surface area contributed by atoms with Crippen molar-refractivity contribution in [3.63, 3.8) is 0 Å². The topological polar surface area (TPSA) is 86.5 Å². The number of nitrogens with zero attached hydrogens (tertiary/aromatic N) is 3. The standard InChI is InChI=1S/C32H33N3O4Si/c1-40(2,3)19-18-38-22-35-30(24-12-14-25(15-13-24)32(36)37)34-29-28(16-17-33-31(29)35)26-10-7-11-27(20-26)39-21-23-8-5-4-6-9-23/h4-17,20H,18-19,21-22H2,1-3H3,(H,36,37). The van der Waals surface area contributed by atoms with E-state index in [2.05, 4.69) is 24.6 Å². The highest BCUT2D eigenvalue weighted by atomic mass is 28.3. The van der Waals surface area contributed by atoms with Gasteiger partial charge in [-0.1, -0.05) is 74.2 Å². The van der Waals surface area contributed by atoms with Crippen molar-refractivity contribution >= 4 is 25.2 Å². The van der Waals surface area contributed by atoms with Crippen LogP contribution in [0.1, 0.15) is 15.9 Å². The van der Waals surface area contributed by atoms with Crippen LogP contribution in [0, 0.1) is 0 Å². The molecule has 0 fully saturated rings. The lowest BCUT2D eigenvalue weighted by Crippen LogP contribution is -2.22. The number of hydrogen-bond acceptors (Lipinski definition) is 5. The molecule has 0 spiro atoms. The molecule has 8 heteroatoms. The summed E-state index contributed by atoms with van der Waals surface area (Å²) < 4.78 is 14.2. The second-order valence-corrected chi connectivity index (χ2v) is 16.5. The molecule has 40 heavy (non-hydrogen) atoms. The van der Waals surface area contributed by atoms with Gasteiger partial charge in [-0.15, -0.1) is 0 Å². The molecule has 204 valence electrons. The fourth-order valence-corrected chi connectivity index (χ4v) is 5.14. The van der Waals surface area contributed by atoms with Crippen LogP contribution in [0.5, 0.6) is 5.75 Å². The van der Waals surface area contributed by atoms with E-state index in [1.54, 1.807) is 30.5 Å². The van der Waals surface area contributed by atoms with Crippen LogP contribution in [0.4, 0.5) is 0 Å². The van der Waals surface area contributed by atoms with Crippen LogP contribution in [0.2, 0.25) is 25.7 Å². The predicted molar refractivity (Wildman–Crippen MR) is 160 cm³/mol. The normalized spacial score (nSPS) is 11.6. The minimum atomic E-state index is -1.25. The number of aromatic nitrogens is 3. The number of carboxylic acid groups (broad SMARTS) is 1. The first-order valence-electron chi connectivity index (χ1n) is 13.3. The second-order valence-electron chi connectivity index (χ2n) is 10.9. The number of pyridine rings is 1. The number of ether oxygens (including phenoxy) is 2. The molecule has 5 rings (SSSR count). The maximum Gasteiger partial charge on any atom is 0.335 e. The summed E-state index contributed by atoms with van der Waals surface area (Å²) in [5.74, 6) is 0.481. The first-order valence-corrected chi connectivity index (χ1v) is 17.0. The SMILES string of the molecule is C[Si](C)(C)CCOCn1c(-c2ccc(C(=O)O)cc2)nc2c(-c3cccc(OCc4ccccc4)c3)ccnc21. The van der Waals surface area contributed by atoms with E-state index in [0.29, 0.717) is 31.4 Å². The minimum absolute atomic E-state index is 0.226. The fourth-order valence-electron chi connectivity index (χ4n) is 4.38. The number of carboxylic acids is 1. The van der Waals surface area contributed by atoms with Gasteiger partial charge in [-0.3, -0.25) is 4.57 Å². The predicted octanol–water partition coefficient (Wildman–Crippen LogP) is 7.35. The molecule has 0 saturated carbocycles. The van der Waals surface area contributed by atoms with Gasteiger partial charge in [0.2, 0.25) is 0 Å². The van der Waals surface area contributed by atoms with Gasteiger partial charge in [0, 0.05) is 32.0 Å². The molecule has 3 aromatic carbocycles. The van der Waals surface area contributed by atoms with Crippen molar-refractivity contribution in [2.45, 2.75) is 39.0 Å². The van der Waals surface area contributed by atoms with Gasteiger partial charge >= 0.3 is 5.97 Å². The van der Waals surface area contributed by atoms with Gasteiger partial charge in [-0.25, -0.2) is 14.8 Å². The summed E-state index contributed by atoms with van der Waals surface area (Å²) in [5.41, 5.74) is 5.47. The average molecular weight is 552 g/mol. The van der Waals surface area contributed by atoms with Gasteiger partial charge < -0.3 is 14.6 Å². The Bertz CT molecular complexity index is 1610. The van der Waals surface area contributed by atoms with E-state index in [1.807, 2.05) is 65.2 Å². The van der Waals surface area contributed by atoms with Crippen LogP contribution in [-0.4, -0.2) is 40.3 Å². The maximum atomic E-state index is 11.4. The van der Waals surface area contributed by atoms with Crippen LogP contribution in [0.3, 0.4) is 0 Å². The quantitative estimate of drug-likeness (QED) is 0.136. The van der Waals surface area contributed by atoms with Crippen LogP contribution in [0.25, 0.3) is 33.7 Å². The highest BCUT2D eigenvalue weighted by Gasteiger charge is 2.19. The van der Waals surface area contributed by atoms with Gasteiger partial charge in [-0.05, 0) is 47.5 Å². The van der Waals surface area contributed by atoms with E-state index in [4.69, 9.17) is 14.5 Å². The summed E-state index contributed by atoms with van der Waals surface area (Å²) in [6.07, 6.45) is 1.78. The monoisotopic (exact) mass is 551 g/mol. The third-order valence-electron chi connectivity index (χ3n) is 6.63. The molecule has 7 nitrogen and oxygen atoms in total. The Balaban J connectivity index is 1.51. The van der Waals surface area contributed by atoms with E-state index < -0.39 is 14.0 Å². The lowest BCUT2D eigenvalue weighted by atomic mass is 10.1. The molecule has 0 amide bonds. The zero-order chi connectivity index (χ0) is 28.1. The Morgan fingerprint density at radius 2 is 1.70 bits per heavy atom. The van der Waals surface area contributed by atoms with E-state index >= 15 is 0 Å². The molecule has 0 aliphatic rings. The zero-order valence-electron chi connectivity index (χ0n) is 23.0. The fraction of sp³-hybridized carbons (Fsp3) is 0.219. The summed E-state index contributed by atoms with van der Waals surface area (Å²) >= 11 is 0. The van der Waals surface area contributed by atoms with E-state index in [-0.39, 0.29) is 5.56 Å². The molecule has 0 aliphatic carbocycles. The minimum Gasteiger partial charge on any atom is -0.489 e. The van der Waals surface area contributed by atoms with Crippen LogP contribution >= 0.6 is 0 Å². The molecular formula is C32H33N3O4Si. The number of aromatic carboxylic acids is 1. The Hall–Kier alpha value is -4.27. The third-order valence-corrected chi connectivity index (χ3v) is 8.34. The van der Waals surface area contributed by atoms with Crippen LogP contribution in [-0.2, 0) is 18.1 Å². The van der Waals surface area contributed by atoms with Gasteiger partial charge in [0.15, 0.2) is 5.65 Å². The van der Waals surface area contributed by atoms with E-state index in [1.165, 1.54) is 0 Å². The largest absolute Gasteiger partial charge is 0.489 e. The van der Waals surface area contributed by atoms with Gasteiger partial charge in [0.1, 0.15) is 30.4 Å². The molecule has 2 heterocycles. The van der Waals surface area contributed by atoms with Crippen LogP contribution in [0.15, 0.2) is 91.1 Å². The first-order chi connectivity index (χ1) is 19.3. The number of benzene rings is 3. The molecule has 1 N–H and O–H groups in total. The smallest absolute Gasteiger partial charge is 0.335 e. The van der Waals surface area contributed by atoms with Gasteiger partial charge in [-0.2, -0.15) is 0 Å². The highest BCUT2D eigenvalue weighted by molar-refractivity contribution is 6.76. The van der Waals surface area contributed by atoms with Crippen molar-refractivity contribution in [2.75, 3.05) is 6.61 Å². The summed E-state index contributed by atoms with van der Waals surface area (Å²) in [6.45, 7) is 8.41. The van der Waals surface area contributed by atoms with E-state index in [9.17, 15) is 9.90 Å². The molecule has 0 atom stereocenters. The van der Waals surface area contributed by atoms with Crippen molar-refractivity contribution in [3.05, 3.63) is 102 Å². The summed E-state index contributed by atoms with van der Waals surface area (Å²) in [5, 5.41) is 9.35. The second kappa shape index (κ2) is 11.9. The first kappa shape index (κ1) is 27.3. The zero-order valence-corrected chi connectivity index (χ0v) is 24.0. The number of fused-ring (bicyclic) bond motifs is 1. The number of hydrogen-bond donors (Lipinski definition) is 1. The lowest BCUT2D eigenvalue weighted by molar-refractivity contribution is 0.0697. The Morgan fingerprint density at radius 1 is 0.925 bits per heavy atom.